The van der Waals surface area contributed by atoms with Crippen LogP contribution in [0.4, 0.5) is 0 Å². The summed E-state index contributed by atoms with van der Waals surface area (Å²) >= 11 is 0. The Kier molecular flexibility index (Phi) is 3.56. The topological polar surface area (TPSA) is 57.4 Å². The molecule has 2 unspecified atom stereocenters. The first-order chi connectivity index (χ1) is 9.77. The van der Waals surface area contributed by atoms with Crippen molar-refractivity contribution in [3.05, 3.63) is 53.9 Å². The molecule has 4 heteroatoms. The lowest BCUT2D eigenvalue weighted by molar-refractivity contribution is 0.169. The zero-order valence-corrected chi connectivity index (χ0v) is 11.5. The molecule has 0 saturated carbocycles. The van der Waals surface area contributed by atoms with Gasteiger partial charge in [0.1, 0.15) is 13.2 Å². The van der Waals surface area contributed by atoms with Gasteiger partial charge in [0.25, 0.3) is 0 Å². The van der Waals surface area contributed by atoms with E-state index in [2.05, 4.69) is 11.9 Å². The molecule has 1 aliphatic rings. The summed E-state index contributed by atoms with van der Waals surface area (Å²) in [5, 5.41) is 0. The highest BCUT2D eigenvalue weighted by atomic mass is 16.6. The summed E-state index contributed by atoms with van der Waals surface area (Å²) in [5.74, 6) is 1.74. The molecule has 3 rings (SSSR count). The first kappa shape index (κ1) is 12.9. The molecule has 2 heterocycles. The van der Waals surface area contributed by atoms with Crippen LogP contribution in [0.3, 0.4) is 0 Å². The Hall–Kier alpha value is -2.07. The number of pyridine rings is 1. The average molecular weight is 270 g/mol. The third-order valence-corrected chi connectivity index (χ3v) is 3.73. The van der Waals surface area contributed by atoms with Gasteiger partial charge in [0.2, 0.25) is 0 Å². The number of ether oxygens (including phenoxy) is 2. The predicted molar refractivity (Wildman–Crippen MR) is 77.0 cm³/mol. The molecule has 2 atom stereocenters. The monoisotopic (exact) mass is 270 g/mol. The minimum atomic E-state index is -0.144. The van der Waals surface area contributed by atoms with E-state index in [-0.39, 0.29) is 12.0 Å². The van der Waals surface area contributed by atoms with Crippen molar-refractivity contribution in [2.24, 2.45) is 5.73 Å². The molecule has 1 aromatic carbocycles. The fraction of sp³-hybridized carbons (Fsp3) is 0.312. The third kappa shape index (κ3) is 2.34. The molecular formula is C16H18N2O2. The number of rotatable bonds is 3. The number of nitrogens with zero attached hydrogens (tertiary/aromatic N) is 1. The van der Waals surface area contributed by atoms with Crippen molar-refractivity contribution >= 4 is 0 Å². The van der Waals surface area contributed by atoms with Gasteiger partial charge >= 0.3 is 0 Å². The van der Waals surface area contributed by atoms with E-state index in [9.17, 15) is 0 Å². The van der Waals surface area contributed by atoms with Crippen molar-refractivity contribution in [1.82, 2.24) is 4.98 Å². The van der Waals surface area contributed by atoms with Gasteiger partial charge in [-0.3, -0.25) is 4.98 Å². The maximum Gasteiger partial charge on any atom is 0.166 e. The van der Waals surface area contributed by atoms with E-state index in [0.717, 1.165) is 17.1 Å². The molecule has 0 fully saturated rings. The van der Waals surface area contributed by atoms with E-state index in [4.69, 9.17) is 15.2 Å². The standard InChI is InChI=1S/C16H18N2O2/c1-11(12-5-7-18-8-6-12)15(17)13-3-2-4-14-16(13)20-10-9-19-14/h2-8,11,15H,9-10,17H2,1H3. The molecule has 104 valence electrons. The minimum absolute atomic E-state index is 0.144. The molecule has 1 aromatic heterocycles. The van der Waals surface area contributed by atoms with Gasteiger partial charge in [-0.2, -0.15) is 0 Å². The van der Waals surface area contributed by atoms with Gasteiger partial charge in [-0.15, -0.1) is 0 Å². The van der Waals surface area contributed by atoms with E-state index >= 15 is 0 Å². The van der Waals surface area contributed by atoms with E-state index in [0.29, 0.717) is 13.2 Å². The van der Waals surface area contributed by atoms with Crippen molar-refractivity contribution in [1.29, 1.82) is 0 Å². The molecule has 2 N–H and O–H groups in total. The number of fused-ring (bicyclic) bond motifs is 1. The molecular weight excluding hydrogens is 252 g/mol. The van der Waals surface area contributed by atoms with Crippen LogP contribution in [0.25, 0.3) is 0 Å². The number of nitrogens with two attached hydrogens (primary N) is 1. The highest BCUT2D eigenvalue weighted by molar-refractivity contribution is 5.49. The highest BCUT2D eigenvalue weighted by Crippen LogP contribution is 2.40. The number of aromatic nitrogens is 1. The van der Waals surface area contributed by atoms with Crippen LogP contribution < -0.4 is 15.2 Å². The number of hydrogen-bond acceptors (Lipinski definition) is 4. The molecule has 0 amide bonds. The summed E-state index contributed by atoms with van der Waals surface area (Å²) in [5.41, 5.74) is 8.60. The molecule has 0 radical (unpaired) electrons. The van der Waals surface area contributed by atoms with Crippen LogP contribution in [0.1, 0.15) is 30.0 Å². The van der Waals surface area contributed by atoms with Gasteiger partial charge in [0.15, 0.2) is 11.5 Å². The minimum Gasteiger partial charge on any atom is -0.486 e. The molecule has 20 heavy (non-hydrogen) atoms. The first-order valence-electron chi connectivity index (χ1n) is 6.81. The van der Waals surface area contributed by atoms with E-state index in [1.165, 1.54) is 5.56 Å². The lowest BCUT2D eigenvalue weighted by Gasteiger charge is -2.26. The van der Waals surface area contributed by atoms with Crippen LogP contribution in [-0.2, 0) is 0 Å². The molecule has 1 aliphatic heterocycles. The van der Waals surface area contributed by atoms with Crippen LogP contribution >= 0.6 is 0 Å². The van der Waals surface area contributed by atoms with Crippen LogP contribution in [-0.4, -0.2) is 18.2 Å². The van der Waals surface area contributed by atoms with E-state index < -0.39 is 0 Å². The second-order valence-electron chi connectivity index (χ2n) is 4.97. The fourth-order valence-corrected chi connectivity index (χ4v) is 2.50. The van der Waals surface area contributed by atoms with Gasteiger partial charge in [-0.05, 0) is 23.8 Å². The Morgan fingerprint density at radius 1 is 1.10 bits per heavy atom. The van der Waals surface area contributed by atoms with Crippen LogP contribution in [0.2, 0.25) is 0 Å². The molecule has 2 aromatic rings. The molecule has 4 nitrogen and oxygen atoms in total. The first-order valence-corrected chi connectivity index (χ1v) is 6.81. The summed E-state index contributed by atoms with van der Waals surface area (Å²) in [6, 6.07) is 9.74. The Balaban J connectivity index is 1.93. The normalized spacial score (nSPS) is 16.5. The number of benzene rings is 1. The van der Waals surface area contributed by atoms with Crippen molar-refractivity contribution in [3.63, 3.8) is 0 Å². The quantitative estimate of drug-likeness (QED) is 0.931. The Bertz CT molecular complexity index is 586. The summed E-state index contributed by atoms with van der Waals surface area (Å²) in [6.07, 6.45) is 3.58. The average Bonchev–Trinajstić information content (AvgIpc) is 2.54. The molecule has 0 bridgehead atoms. The molecule has 0 aliphatic carbocycles. The predicted octanol–water partition coefficient (Wildman–Crippen LogP) is 2.66. The van der Waals surface area contributed by atoms with Crippen LogP contribution in [0, 0.1) is 0 Å². The third-order valence-electron chi connectivity index (χ3n) is 3.73. The number of hydrogen-bond donors (Lipinski definition) is 1. The van der Waals surface area contributed by atoms with E-state index in [1.54, 1.807) is 12.4 Å². The lowest BCUT2D eigenvalue weighted by atomic mass is 9.89. The summed E-state index contributed by atoms with van der Waals surface area (Å²) in [4.78, 5) is 4.04. The van der Waals surface area contributed by atoms with Crippen molar-refractivity contribution in [2.45, 2.75) is 18.9 Å². The van der Waals surface area contributed by atoms with Gasteiger partial charge < -0.3 is 15.2 Å². The second-order valence-corrected chi connectivity index (χ2v) is 4.97. The molecule has 0 saturated heterocycles. The van der Waals surface area contributed by atoms with Crippen molar-refractivity contribution < 1.29 is 9.47 Å². The fourth-order valence-electron chi connectivity index (χ4n) is 2.50. The zero-order valence-electron chi connectivity index (χ0n) is 11.5. The Labute approximate surface area is 118 Å². The summed E-state index contributed by atoms with van der Waals surface area (Å²) in [6.45, 7) is 3.27. The zero-order chi connectivity index (χ0) is 13.9. The maximum absolute atomic E-state index is 6.44. The summed E-state index contributed by atoms with van der Waals surface area (Å²) < 4.78 is 11.4. The van der Waals surface area contributed by atoms with Gasteiger partial charge in [0, 0.05) is 29.9 Å². The van der Waals surface area contributed by atoms with Crippen LogP contribution in [0.15, 0.2) is 42.7 Å². The number of para-hydroxylation sites is 1. The lowest BCUT2D eigenvalue weighted by Crippen LogP contribution is -2.22. The van der Waals surface area contributed by atoms with Gasteiger partial charge in [-0.1, -0.05) is 19.1 Å². The second kappa shape index (κ2) is 5.51. The van der Waals surface area contributed by atoms with Gasteiger partial charge in [0.05, 0.1) is 0 Å². The maximum atomic E-state index is 6.44. The highest BCUT2D eigenvalue weighted by Gasteiger charge is 2.24. The SMILES string of the molecule is CC(c1ccncc1)C(N)c1cccc2c1OCCO2. The largest absolute Gasteiger partial charge is 0.486 e. The Morgan fingerprint density at radius 3 is 2.65 bits per heavy atom. The molecule has 0 spiro atoms. The smallest absolute Gasteiger partial charge is 0.166 e. The van der Waals surface area contributed by atoms with Crippen LogP contribution in [0.5, 0.6) is 11.5 Å². The van der Waals surface area contributed by atoms with E-state index in [1.807, 2.05) is 30.3 Å². The van der Waals surface area contributed by atoms with Gasteiger partial charge in [-0.25, -0.2) is 0 Å². The summed E-state index contributed by atoms with van der Waals surface area (Å²) in [7, 11) is 0. The van der Waals surface area contributed by atoms with Crippen molar-refractivity contribution in [3.8, 4) is 11.5 Å². The van der Waals surface area contributed by atoms with Crippen molar-refractivity contribution in [2.75, 3.05) is 13.2 Å². The Morgan fingerprint density at radius 2 is 1.85 bits per heavy atom.